The first-order valence-electron chi connectivity index (χ1n) is 11.7. The third-order valence-corrected chi connectivity index (χ3v) is 6.88. The Hall–Kier alpha value is -2.00. The van der Waals surface area contributed by atoms with Gasteiger partial charge in [0.2, 0.25) is 11.8 Å². The van der Waals surface area contributed by atoms with Gasteiger partial charge in [-0.1, -0.05) is 39.8 Å². The summed E-state index contributed by atoms with van der Waals surface area (Å²) in [5.41, 5.74) is 0.845. The van der Waals surface area contributed by atoms with Gasteiger partial charge >= 0.3 is 0 Å². The summed E-state index contributed by atoms with van der Waals surface area (Å²) in [6, 6.07) is -1.28. The van der Waals surface area contributed by atoms with Crippen molar-refractivity contribution in [2.45, 2.75) is 78.5 Å². The van der Waals surface area contributed by atoms with Crippen LogP contribution in [0.3, 0.4) is 0 Å². The smallest absolute Gasteiger partial charge is 0.248 e. The van der Waals surface area contributed by atoms with Gasteiger partial charge < -0.3 is 20.2 Å². The molecule has 2 aliphatic heterocycles. The summed E-state index contributed by atoms with van der Waals surface area (Å²) in [6.45, 7) is 13.9. The Balaban J connectivity index is 1.71. The summed E-state index contributed by atoms with van der Waals surface area (Å²) >= 11 is 0. The van der Waals surface area contributed by atoms with Crippen LogP contribution in [-0.2, 0) is 16.0 Å². The number of piperidine rings is 1. The standard InChI is InChI=1S/C23H40N6O3/c1-22(2,3)19(21(32)28-15-17(30)13-18(28)20(31)24-6)29-14-16(25-26-29)7-10-27-11-8-23(4,5)9-12-27/h14,17-19,30H,7-13,15H2,1-6H3,(H,24,31)/t17?,18-,19?/m1/s1. The van der Waals surface area contributed by atoms with E-state index in [1.807, 2.05) is 27.0 Å². The van der Waals surface area contributed by atoms with E-state index in [0.29, 0.717) is 5.41 Å². The van der Waals surface area contributed by atoms with E-state index in [-0.39, 0.29) is 24.8 Å². The van der Waals surface area contributed by atoms with Crippen molar-refractivity contribution in [3.63, 3.8) is 0 Å². The molecule has 0 radical (unpaired) electrons. The van der Waals surface area contributed by atoms with Gasteiger partial charge in [-0.25, -0.2) is 4.68 Å². The van der Waals surface area contributed by atoms with Crippen LogP contribution >= 0.6 is 0 Å². The van der Waals surface area contributed by atoms with E-state index in [0.717, 1.165) is 31.7 Å². The molecule has 0 aromatic carbocycles. The molecule has 2 saturated heterocycles. The van der Waals surface area contributed by atoms with Crippen LogP contribution in [0.5, 0.6) is 0 Å². The van der Waals surface area contributed by atoms with Crippen LogP contribution in [0, 0.1) is 10.8 Å². The number of aromatic nitrogens is 3. The molecule has 0 aliphatic carbocycles. The summed E-state index contributed by atoms with van der Waals surface area (Å²) in [5, 5.41) is 21.4. The highest BCUT2D eigenvalue weighted by Gasteiger charge is 2.45. The minimum absolute atomic E-state index is 0.149. The van der Waals surface area contributed by atoms with Crippen LogP contribution in [0.1, 0.15) is 65.6 Å². The second-order valence-corrected chi connectivity index (χ2v) is 11.2. The maximum atomic E-state index is 13.6. The number of aliphatic hydroxyl groups excluding tert-OH is 1. The lowest BCUT2D eigenvalue weighted by Crippen LogP contribution is -2.49. The van der Waals surface area contributed by atoms with Crippen molar-refractivity contribution < 1.29 is 14.7 Å². The Morgan fingerprint density at radius 3 is 2.53 bits per heavy atom. The van der Waals surface area contributed by atoms with Crippen molar-refractivity contribution in [2.75, 3.05) is 33.2 Å². The number of likely N-dealkylation sites (tertiary alicyclic amines) is 2. The summed E-state index contributed by atoms with van der Waals surface area (Å²) < 4.78 is 1.64. The Labute approximate surface area is 191 Å². The zero-order valence-corrected chi connectivity index (χ0v) is 20.5. The van der Waals surface area contributed by atoms with Crippen LogP contribution in [0.2, 0.25) is 0 Å². The Morgan fingerprint density at radius 1 is 1.28 bits per heavy atom. The number of nitrogens with one attached hydrogen (secondary N) is 1. The lowest BCUT2D eigenvalue weighted by Gasteiger charge is -2.36. The molecule has 2 amide bonds. The Morgan fingerprint density at radius 2 is 1.94 bits per heavy atom. The molecule has 3 rings (SSSR count). The first-order valence-corrected chi connectivity index (χ1v) is 11.7. The molecule has 0 saturated carbocycles. The summed E-state index contributed by atoms with van der Waals surface area (Å²) in [4.78, 5) is 29.9. The van der Waals surface area contributed by atoms with Gasteiger partial charge in [0, 0.05) is 39.2 Å². The maximum absolute atomic E-state index is 13.6. The predicted molar refractivity (Wildman–Crippen MR) is 122 cm³/mol. The van der Waals surface area contributed by atoms with Crippen molar-refractivity contribution in [3.05, 3.63) is 11.9 Å². The molecule has 0 spiro atoms. The molecule has 180 valence electrons. The zero-order chi connectivity index (χ0) is 23.7. The van der Waals surface area contributed by atoms with Gasteiger partial charge in [0.1, 0.15) is 12.1 Å². The van der Waals surface area contributed by atoms with E-state index in [4.69, 9.17) is 0 Å². The van der Waals surface area contributed by atoms with Crippen LogP contribution in [0.15, 0.2) is 6.20 Å². The molecule has 9 heteroatoms. The molecular formula is C23H40N6O3. The third-order valence-electron chi connectivity index (χ3n) is 6.88. The van der Waals surface area contributed by atoms with Crippen molar-refractivity contribution in [1.29, 1.82) is 0 Å². The van der Waals surface area contributed by atoms with Gasteiger partial charge in [-0.2, -0.15) is 0 Å². The largest absolute Gasteiger partial charge is 0.391 e. The highest BCUT2D eigenvalue weighted by atomic mass is 16.3. The van der Waals surface area contributed by atoms with Crippen molar-refractivity contribution in [2.24, 2.45) is 10.8 Å². The minimum Gasteiger partial charge on any atom is -0.391 e. The average Bonchev–Trinajstić information content (AvgIpc) is 3.32. The SMILES string of the molecule is CNC(=O)[C@H]1CC(O)CN1C(=O)C(n1cc(CCN2CCC(C)(C)CC2)nn1)C(C)(C)C. The molecule has 2 N–H and O–H groups in total. The number of amides is 2. The highest BCUT2D eigenvalue weighted by molar-refractivity contribution is 5.90. The average molecular weight is 449 g/mol. The van der Waals surface area contributed by atoms with Crippen LogP contribution in [-0.4, -0.2) is 87.1 Å². The number of carbonyl (C=O) groups excluding carboxylic acids is 2. The normalized spacial score (nSPS) is 25.0. The van der Waals surface area contributed by atoms with Crippen molar-refractivity contribution in [3.8, 4) is 0 Å². The molecule has 2 fully saturated rings. The molecular weight excluding hydrogens is 408 g/mol. The van der Waals surface area contributed by atoms with Gasteiger partial charge in [-0.3, -0.25) is 9.59 Å². The maximum Gasteiger partial charge on any atom is 0.248 e. The first kappa shape index (κ1) is 24.6. The van der Waals surface area contributed by atoms with Gasteiger partial charge in [-0.15, -0.1) is 5.10 Å². The van der Waals surface area contributed by atoms with Gasteiger partial charge in [0.15, 0.2) is 0 Å². The second-order valence-electron chi connectivity index (χ2n) is 11.2. The van der Waals surface area contributed by atoms with Crippen molar-refractivity contribution >= 4 is 11.8 Å². The van der Waals surface area contributed by atoms with Crippen LogP contribution in [0.25, 0.3) is 0 Å². The van der Waals surface area contributed by atoms with E-state index in [2.05, 4.69) is 34.4 Å². The number of carbonyl (C=O) groups is 2. The van der Waals surface area contributed by atoms with Crippen molar-refractivity contribution in [1.82, 2.24) is 30.1 Å². The Kier molecular flexibility index (Phi) is 7.29. The fourth-order valence-electron chi connectivity index (χ4n) is 4.72. The molecule has 32 heavy (non-hydrogen) atoms. The van der Waals surface area contributed by atoms with E-state index < -0.39 is 23.6 Å². The molecule has 0 bridgehead atoms. The lowest BCUT2D eigenvalue weighted by molar-refractivity contribution is -0.144. The Bertz CT molecular complexity index is 805. The quantitative estimate of drug-likeness (QED) is 0.679. The van der Waals surface area contributed by atoms with E-state index >= 15 is 0 Å². The molecule has 1 aromatic heterocycles. The third kappa shape index (κ3) is 5.67. The molecule has 2 aliphatic rings. The number of β-amino-alcohol motifs (C(OH)–C–C–N with tert-alkyl or cyclic N) is 1. The summed E-state index contributed by atoms with van der Waals surface area (Å²) in [7, 11) is 1.55. The summed E-state index contributed by atoms with van der Waals surface area (Å²) in [5.74, 6) is -0.469. The predicted octanol–water partition coefficient (Wildman–Crippen LogP) is 1.24. The minimum atomic E-state index is -0.706. The lowest BCUT2D eigenvalue weighted by atomic mass is 9.82. The fourth-order valence-corrected chi connectivity index (χ4v) is 4.72. The molecule has 1 aromatic rings. The van der Waals surface area contributed by atoms with Gasteiger partial charge in [0.25, 0.3) is 0 Å². The highest BCUT2D eigenvalue weighted by Crippen LogP contribution is 2.34. The fraction of sp³-hybridized carbons (Fsp3) is 0.826. The number of nitrogens with zero attached hydrogens (tertiary/aromatic N) is 5. The monoisotopic (exact) mass is 448 g/mol. The van der Waals surface area contributed by atoms with Gasteiger partial charge in [0.05, 0.1) is 11.8 Å². The van der Waals surface area contributed by atoms with E-state index in [1.54, 1.807) is 11.7 Å². The van der Waals surface area contributed by atoms with E-state index in [1.165, 1.54) is 17.7 Å². The number of rotatable bonds is 6. The first-order chi connectivity index (χ1) is 14.9. The van der Waals surface area contributed by atoms with E-state index in [9.17, 15) is 14.7 Å². The van der Waals surface area contributed by atoms with Gasteiger partial charge in [-0.05, 0) is 36.8 Å². The van der Waals surface area contributed by atoms with Crippen LogP contribution in [0.4, 0.5) is 0 Å². The molecule has 3 atom stereocenters. The molecule has 2 unspecified atom stereocenters. The zero-order valence-electron chi connectivity index (χ0n) is 20.5. The summed E-state index contributed by atoms with van der Waals surface area (Å²) in [6.07, 6.45) is 4.60. The molecule has 3 heterocycles. The van der Waals surface area contributed by atoms with Crippen LogP contribution < -0.4 is 5.32 Å². The number of likely N-dealkylation sites (N-methyl/N-ethyl adjacent to an activating group) is 1. The topological polar surface area (TPSA) is 104 Å². The number of hydrogen-bond acceptors (Lipinski definition) is 6. The second kappa shape index (κ2) is 9.47. The number of hydrogen-bond donors (Lipinski definition) is 2. The number of aliphatic hydroxyl groups is 1. The molecule has 9 nitrogen and oxygen atoms in total.